The highest BCUT2D eigenvalue weighted by Gasteiger charge is 2.32. The quantitative estimate of drug-likeness (QED) is 0.757. The fraction of sp³-hybridized carbons (Fsp3) is 0.520. The molecule has 0 aliphatic carbocycles. The van der Waals surface area contributed by atoms with E-state index in [0.717, 1.165) is 51.3 Å². The summed E-state index contributed by atoms with van der Waals surface area (Å²) >= 11 is 0. The monoisotopic (exact) mass is 411 g/mol. The molecule has 4 rings (SSSR count). The summed E-state index contributed by atoms with van der Waals surface area (Å²) < 4.78 is 14.1. The van der Waals surface area contributed by atoms with Gasteiger partial charge >= 0.3 is 0 Å². The van der Waals surface area contributed by atoms with Gasteiger partial charge in [-0.2, -0.15) is 0 Å². The maximum atomic E-state index is 14.1. The summed E-state index contributed by atoms with van der Waals surface area (Å²) in [4.78, 5) is 7.54. The molecule has 2 saturated heterocycles. The summed E-state index contributed by atoms with van der Waals surface area (Å²) in [6.07, 6.45) is 3.15. The van der Waals surface area contributed by atoms with Crippen molar-refractivity contribution in [1.82, 2.24) is 14.7 Å². The Balaban J connectivity index is 1.30. The van der Waals surface area contributed by atoms with E-state index in [1.807, 2.05) is 12.1 Å². The number of hydrogen-bond donors (Lipinski definition) is 1. The first-order valence-corrected chi connectivity index (χ1v) is 11.3. The number of piperazine rings is 1. The number of aliphatic hydroxyl groups is 1. The van der Waals surface area contributed by atoms with Crippen molar-refractivity contribution in [3.8, 4) is 0 Å². The van der Waals surface area contributed by atoms with Gasteiger partial charge in [-0.3, -0.25) is 14.7 Å². The van der Waals surface area contributed by atoms with Gasteiger partial charge in [0.2, 0.25) is 0 Å². The summed E-state index contributed by atoms with van der Waals surface area (Å²) in [6.45, 7) is 7.06. The second kappa shape index (κ2) is 10.5. The highest BCUT2D eigenvalue weighted by atomic mass is 19.1. The number of nitrogens with zero attached hydrogens (tertiary/aromatic N) is 3. The molecule has 0 aromatic heterocycles. The van der Waals surface area contributed by atoms with E-state index < -0.39 is 0 Å². The predicted molar refractivity (Wildman–Crippen MR) is 119 cm³/mol. The van der Waals surface area contributed by atoms with E-state index in [0.29, 0.717) is 12.6 Å². The fourth-order valence-electron chi connectivity index (χ4n) is 5.01. The molecular formula is C25H34FN3O. The van der Waals surface area contributed by atoms with Gasteiger partial charge in [-0.1, -0.05) is 48.5 Å². The van der Waals surface area contributed by atoms with Crippen molar-refractivity contribution in [2.24, 2.45) is 0 Å². The van der Waals surface area contributed by atoms with Crippen LogP contribution in [0.4, 0.5) is 4.39 Å². The molecule has 0 spiro atoms. The van der Waals surface area contributed by atoms with Crippen LogP contribution in [0.1, 0.15) is 30.4 Å². The molecule has 5 heteroatoms. The number of aliphatic hydroxyl groups excluding tert-OH is 1. The van der Waals surface area contributed by atoms with Gasteiger partial charge in [-0.25, -0.2) is 4.39 Å². The van der Waals surface area contributed by atoms with Crippen LogP contribution in [-0.2, 0) is 13.1 Å². The number of rotatable bonds is 7. The molecule has 2 fully saturated rings. The Morgan fingerprint density at radius 1 is 0.867 bits per heavy atom. The number of hydrogen-bond acceptors (Lipinski definition) is 4. The van der Waals surface area contributed by atoms with E-state index in [-0.39, 0.29) is 18.5 Å². The van der Waals surface area contributed by atoms with E-state index in [4.69, 9.17) is 0 Å². The summed E-state index contributed by atoms with van der Waals surface area (Å²) in [5.41, 5.74) is 2.14. The molecule has 1 unspecified atom stereocenters. The van der Waals surface area contributed by atoms with Crippen LogP contribution in [0.2, 0.25) is 0 Å². The Morgan fingerprint density at radius 2 is 1.60 bits per heavy atom. The highest BCUT2D eigenvalue weighted by molar-refractivity contribution is 5.17. The standard InChI is InChI=1S/C25H34FN3O/c26-25-9-5-4-8-22(25)19-28-15-16-29(20-24(28)12-17-30)23-10-13-27(14-11-23)18-21-6-2-1-3-7-21/h1-9,23-24,30H,10-20H2. The molecule has 2 aromatic carbocycles. The van der Waals surface area contributed by atoms with E-state index in [2.05, 4.69) is 45.0 Å². The summed E-state index contributed by atoms with van der Waals surface area (Å²) in [7, 11) is 0. The van der Waals surface area contributed by atoms with Gasteiger partial charge in [0.05, 0.1) is 0 Å². The molecule has 4 nitrogen and oxygen atoms in total. The topological polar surface area (TPSA) is 30.0 Å². The molecule has 2 aromatic rings. The third kappa shape index (κ3) is 5.46. The van der Waals surface area contributed by atoms with E-state index in [1.54, 1.807) is 6.07 Å². The van der Waals surface area contributed by atoms with E-state index >= 15 is 0 Å². The summed E-state index contributed by atoms with van der Waals surface area (Å²) in [6, 6.07) is 18.7. The molecule has 0 bridgehead atoms. The van der Waals surface area contributed by atoms with Gasteiger partial charge < -0.3 is 5.11 Å². The van der Waals surface area contributed by atoms with Crippen LogP contribution >= 0.6 is 0 Å². The average molecular weight is 412 g/mol. The average Bonchev–Trinajstić information content (AvgIpc) is 2.78. The second-order valence-electron chi connectivity index (χ2n) is 8.72. The van der Waals surface area contributed by atoms with Crippen LogP contribution in [0, 0.1) is 5.82 Å². The maximum Gasteiger partial charge on any atom is 0.127 e. The molecule has 0 radical (unpaired) electrons. The Kier molecular flexibility index (Phi) is 7.50. The molecule has 0 saturated carbocycles. The Morgan fingerprint density at radius 3 is 2.33 bits per heavy atom. The van der Waals surface area contributed by atoms with Crippen LogP contribution in [0.15, 0.2) is 54.6 Å². The molecule has 162 valence electrons. The molecular weight excluding hydrogens is 377 g/mol. The zero-order valence-corrected chi connectivity index (χ0v) is 17.8. The van der Waals surface area contributed by atoms with Gasteiger partial charge in [-0.05, 0) is 44.0 Å². The van der Waals surface area contributed by atoms with Crippen molar-refractivity contribution in [1.29, 1.82) is 0 Å². The van der Waals surface area contributed by atoms with Gasteiger partial charge in [0, 0.05) is 57.0 Å². The first-order valence-electron chi connectivity index (χ1n) is 11.3. The number of benzene rings is 2. The lowest BCUT2D eigenvalue weighted by atomic mass is 9.99. The number of piperidine rings is 1. The van der Waals surface area contributed by atoms with Crippen molar-refractivity contribution < 1.29 is 9.50 Å². The lowest BCUT2D eigenvalue weighted by molar-refractivity contribution is 0.0119. The normalized spacial score (nSPS) is 22.4. The molecule has 0 amide bonds. The van der Waals surface area contributed by atoms with Crippen molar-refractivity contribution >= 4 is 0 Å². The van der Waals surface area contributed by atoms with Crippen LogP contribution in [0.25, 0.3) is 0 Å². The zero-order valence-electron chi connectivity index (χ0n) is 17.8. The number of likely N-dealkylation sites (tertiary alicyclic amines) is 1. The third-order valence-electron chi connectivity index (χ3n) is 6.75. The molecule has 2 heterocycles. The Labute approximate surface area is 179 Å². The van der Waals surface area contributed by atoms with Crippen molar-refractivity contribution in [3.05, 3.63) is 71.5 Å². The fourth-order valence-corrected chi connectivity index (χ4v) is 5.01. The van der Waals surface area contributed by atoms with Crippen LogP contribution in [-0.4, -0.2) is 71.2 Å². The van der Waals surface area contributed by atoms with Gasteiger partial charge in [0.1, 0.15) is 5.82 Å². The molecule has 1 N–H and O–H groups in total. The van der Waals surface area contributed by atoms with Gasteiger partial charge in [0.15, 0.2) is 0 Å². The summed E-state index contributed by atoms with van der Waals surface area (Å²) in [5.74, 6) is -0.131. The van der Waals surface area contributed by atoms with Crippen molar-refractivity contribution in [2.45, 2.75) is 44.4 Å². The minimum atomic E-state index is -0.131. The van der Waals surface area contributed by atoms with Gasteiger partial charge in [-0.15, -0.1) is 0 Å². The van der Waals surface area contributed by atoms with Crippen LogP contribution in [0.3, 0.4) is 0 Å². The lowest BCUT2D eigenvalue weighted by Gasteiger charge is -2.46. The molecule has 30 heavy (non-hydrogen) atoms. The smallest absolute Gasteiger partial charge is 0.127 e. The van der Waals surface area contributed by atoms with E-state index in [1.165, 1.54) is 24.5 Å². The third-order valence-corrected chi connectivity index (χ3v) is 6.75. The zero-order chi connectivity index (χ0) is 20.8. The lowest BCUT2D eigenvalue weighted by Crippen LogP contribution is -2.57. The Bertz CT molecular complexity index is 779. The molecule has 2 aliphatic heterocycles. The van der Waals surface area contributed by atoms with Crippen molar-refractivity contribution in [2.75, 3.05) is 39.3 Å². The predicted octanol–water partition coefficient (Wildman–Crippen LogP) is 3.36. The Hall–Kier alpha value is -1.79. The molecule has 2 aliphatic rings. The van der Waals surface area contributed by atoms with Crippen LogP contribution < -0.4 is 0 Å². The first kappa shape index (κ1) is 21.4. The SMILES string of the molecule is OCCC1CN(C2CCN(Cc3ccccc3)CC2)CCN1Cc1ccccc1F. The summed E-state index contributed by atoms with van der Waals surface area (Å²) in [5, 5.41) is 9.60. The van der Waals surface area contributed by atoms with Crippen LogP contribution in [0.5, 0.6) is 0 Å². The maximum absolute atomic E-state index is 14.1. The van der Waals surface area contributed by atoms with Crippen molar-refractivity contribution in [3.63, 3.8) is 0 Å². The number of halogens is 1. The second-order valence-corrected chi connectivity index (χ2v) is 8.72. The van der Waals surface area contributed by atoms with Gasteiger partial charge in [0.25, 0.3) is 0 Å². The minimum absolute atomic E-state index is 0.131. The largest absolute Gasteiger partial charge is 0.396 e. The molecule has 1 atom stereocenters. The minimum Gasteiger partial charge on any atom is -0.396 e. The highest BCUT2D eigenvalue weighted by Crippen LogP contribution is 2.24. The first-order chi connectivity index (χ1) is 14.7. The van der Waals surface area contributed by atoms with E-state index in [9.17, 15) is 9.50 Å².